The molecular weight excluding hydrogens is 321 g/mol. The maximum absolute atomic E-state index is 12.1. The fourth-order valence-corrected chi connectivity index (χ4v) is 1.77. The molecule has 0 aliphatic rings. The number of nitrogens with two attached hydrogens (primary N) is 1. The van der Waals surface area contributed by atoms with E-state index in [4.69, 9.17) is 5.84 Å². The summed E-state index contributed by atoms with van der Waals surface area (Å²) in [5.74, 6) is 5.56. The zero-order chi connectivity index (χ0) is 12.1. The summed E-state index contributed by atoms with van der Waals surface area (Å²) in [6.07, 6.45) is 0. The molecule has 0 atom stereocenters. The van der Waals surface area contributed by atoms with Crippen molar-refractivity contribution in [1.82, 2.24) is 15.1 Å². The number of rotatable bonds is 4. The Balaban J connectivity index is 3.06. The molecule has 0 spiro atoms. The molecule has 6 nitrogen and oxygen atoms in total. The molecule has 1 amide bonds. The van der Waals surface area contributed by atoms with Crippen LogP contribution in [0.2, 0.25) is 0 Å². The Morgan fingerprint density at radius 2 is 2.12 bits per heavy atom. The van der Waals surface area contributed by atoms with Crippen LogP contribution in [0.5, 0.6) is 0 Å². The normalized spacial score (nSPS) is 10.0. The molecular formula is C9H14IN5O. The second kappa shape index (κ2) is 5.94. The van der Waals surface area contributed by atoms with Gasteiger partial charge in [0.05, 0.1) is 5.56 Å². The zero-order valence-electron chi connectivity index (χ0n) is 9.20. The topological polar surface area (TPSA) is 84.1 Å². The van der Waals surface area contributed by atoms with Gasteiger partial charge < -0.3 is 10.3 Å². The number of carbonyl (C=O) groups is 1. The third-order valence-electron chi connectivity index (χ3n) is 2.18. The summed E-state index contributed by atoms with van der Waals surface area (Å²) < 4.78 is 0.577. The number of nitrogens with one attached hydrogen (secondary N) is 1. The molecule has 0 unspecified atom stereocenters. The Morgan fingerprint density at radius 3 is 2.62 bits per heavy atom. The molecule has 0 saturated heterocycles. The largest absolute Gasteiger partial charge is 0.339 e. The lowest BCUT2D eigenvalue weighted by Crippen LogP contribution is -2.31. The number of nitrogens with zero attached hydrogens (tertiary/aromatic N) is 3. The molecule has 1 aromatic heterocycles. The number of carbonyl (C=O) groups excluding carboxylic acids is 1. The van der Waals surface area contributed by atoms with Crippen molar-refractivity contribution in [3.05, 3.63) is 15.3 Å². The third kappa shape index (κ3) is 2.79. The van der Waals surface area contributed by atoms with E-state index in [0.717, 1.165) is 0 Å². The fraction of sp³-hybridized carbons (Fsp3) is 0.444. The number of hydrogen-bond acceptors (Lipinski definition) is 5. The molecule has 1 rings (SSSR count). The van der Waals surface area contributed by atoms with Crippen molar-refractivity contribution in [2.45, 2.75) is 13.8 Å². The SMILES string of the molecule is CCN(CC)C(=O)c1cc(NN)nnc1I. The second-order valence-electron chi connectivity index (χ2n) is 3.06. The van der Waals surface area contributed by atoms with Crippen LogP contribution in [0.3, 0.4) is 0 Å². The van der Waals surface area contributed by atoms with Gasteiger partial charge in [0.2, 0.25) is 0 Å². The number of hydrogen-bond donors (Lipinski definition) is 2. The molecule has 0 aromatic carbocycles. The number of hydrazine groups is 1. The van der Waals surface area contributed by atoms with Gasteiger partial charge in [0, 0.05) is 13.1 Å². The predicted molar refractivity (Wildman–Crippen MR) is 69.8 cm³/mol. The van der Waals surface area contributed by atoms with Crippen LogP contribution in [0.4, 0.5) is 5.82 Å². The van der Waals surface area contributed by atoms with Gasteiger partial charge in [-0.15, -0.1) is 10.2 Å². The Kier molecular flexibility index (Phi) is 4.87. The average Bonchev–Trinajstić information content (AvgIpc) is 2.31. The van der Waals surface area contributed by atoms with Crippen molar-refractivity contribution in [3.8, 4) is 0 Å². The smallest absolute Gasteiger partial charge is 0.256 e. The summed E-state index contributed by atoms with van der Waals surface area (Å²) in [6.45, 7) is 5.20. The number of nitrogen functional groups attached to an aromatic ring is 1. The standard InChI is InChI=1S/C9H14IN5O/c1-3-15(4-2)9(16)6-5-7(12-11)13-14-8(6)10/h5H,3-4,11H2,1-2H3,(H,12,13). The van der Waals surface area contributed by atoms with Crippen LogP contribution in [-0.2, 0) is 0 Å². The molecule has 0 saturated carbocycles. The van der Waals surface area contributed by atoms with Crippen LogP contribution in [0.1, 0.15) is 24.2 Å². The summed E-state index contributed by atoms with van der Waals surface area (Å²) in [7, 11) is 0. The van der Waals surface area contributed by atoms with Crippen molar-refractivity contribution < 1.29 is 4.79 Å². The van der Waals surface area contributed by atoms with E-state index in [9.17, 15) is 4.79 Å². The Labute approximate surface area is 108 Å². The second-order valence-corrected chi connectivity index (χ2v) is 4.08. The third-order valence-corrected chi connectivity index (χ3v) is 2.97. The van der Waals surface area contributed by atoms with Crippen molar-refractivity contribution in [3.63, 3.8) is 0 Å². The quantitative estimate of drug-likeness (QED) is 0.484. The first-order valence-corrected chi connectivity index (χ1v) is 6.01. The van der Waals surface area contributed by atoms with E-state index in [1.807, 2.05) is 36.4 Å². The highest BCUT2D eigenvalue weighted by atomic mass is 127. The zero-order valence-corrected chi connectivity index (χ0v) is 11.4. The summed E-state index contributed by atoms with van der Waals surface area (Å²) in [5.41, 5.74) is 2.90. The van der Waals surface area contributed by atoms with Crippen LogP contribution >= 0.6 is 22.6 Å². The van der Waals surface area contributed by atoms with Gasteiger partial charge in [-0.3, -0.25) is 4.79 Å². The van der Waals surface area contributed by atoms with Crippen LogP contribution in [-0.4, -0.2) is 34.1 Å². The summed E-state index contributed by atoms with van der Waals surface area (Å²) >= 11 is 1.98. The lowest BCUT2D eigenvalue weighted by molar-refractivity contribution is 0.0771. The minimum Gasteiger partial charge on any atom is -0.339 e. The van der Waals surface area contributed by atoms with Crippen LogP contribution in [0.15, 0.2) is 6.07 Å². The first-order chi connectivity index (χ1) is 7.63. The minimum atomic E-state index is -0.0548. The highest BCUT2D eigenvalue weighted by molar-refractivity contribution is 14.1. The highest BCUT2D eigenvalue weighted by Crippen LogP contribution is 2.14. The van der Waals surface area contributed by atoms with E-state index in [0.29, 0.717) is 28.2 Å². The monoisotopic (exact) mass is 335 g/mol. The van der Waals surface area contributed by atoms with E-state index in [2.05, 4.69) is 15.6 Å². The molecule has 1 heterocycles. The molecule has 0 fully saturated rings. The van der Waals surface area contributed by atoms with E-state index in [-0.39, 0.29) is 5.91 Å². The molecule has 0 bridgehead atoms. The predicted octanol–water partition coefficient (Wildman–Crippen LogP) is 0.849. The van der Waals surface area contributed by atoms with Gasteiger partial charge in [-0.2, -0.15) is 0 Å². The van der Waals surface area contributed by atoms with Gasteiger partial charge in [0.25, 0.3) is 5.91 Å². The highest BCUT2D eigenvalue weighted by Gasteiger charge is 2.17. The minimum absolute atomic E-state index is 0.0548. The molecule has 1 aromatic rings. The van der Waals surface area contributed by atoms with Crippen molar-refractivity contribution >= 4 is 34.3 Å². The fourth-order valence-electron chi connectivity index (χ4n) is 1.28. The molecule has 0 radical (unpaired) electrons. The molecule has 3 N–H and O–H groups in total. The summed E-state index contributed by atoms with van der Waals surface area (Å²) in [4.78, 5) is 13.8. The van der Waals surface area contributed by atoms with Crippen molar-refractivity contribution in [2.24, 2.45) is 5.84 Å². The maximum Gasteiger partial charge on any atom is 0.256 e. The average molecular weight is 335 g/mol. The van der Waals surface area contributed by atoms with Gasteiger partial charge >= 0.3 is 0 Å². The number of anilines is 1. The van der Waals surface area contributed by atoms with Crippen LogP contribution < -0.4 is 11.3 Å². The first-order valence-electron chi connectivity index (χ1n) is 4.93. The van der Waals surface area contributed by atoms with Gasteiger partial charge in [0.1, 0.15) is 3.70 Å². The summed E-state index contributed by atoms with van der Waals surface area (Å²) in [6, 6.07) is 1.61. The maximum atomic E-state index is 12.1. The lowest BCUT2D eigenvalue weighted by atomic mass is 10.2. The van der Waals surface area contributed by atoms with Gasteiger partial charge in [-0.1, -0.05) is 0 Å². The molecule has 0 aliphatic carbocycles. The van der Waals surface area contributed by atoms with E-state index >= 15 is 0 Å². The van der Waals surface area contributed by atoms with E-state index < -0.39 is 0 Å². The molecule has 7 heteroatoms. The van der Waals surface area contributed by atoms with E-state index in [1.165, 1.54) is 0 Å². The molecule has 16 heavy (non-hydrogen) atoms. The van der Waals surface area contributed by atoms with Gasteiger partial charge in [0.15, 0.2) is 5.82 Å². The first kappa shape index (κ1) is 13.1. The van der Waals surface area contributed by atoms with Crippen molar-refractivity contribution in [2.75, 3.05) is 18.5 Å². The Bertz CT molecular complexity index is 380. The van der Waals surface area contributed by atoms with Crippen molar-refractivity contribution in [1.29, 1.82) is 0 Å². The van der Waals surface area contributed by atoms with Gasteiger partial charge in [-0.25, -0.2) is 5.84 Å². The number of amides is 1. The van der Waals surface area contributed by atoms with Crippen LogP contribution in [0.25, 0.3) is 0 Å². The van der Waals surface area contributed by atoms with Gasteiger partial charge in [-0.05, 0) is 42.5 Å². The summed E-state index contributed by atoms with van der Waals surface area (Å²) in [5, 5.41) is 7.66. The Morgan fingerprint density at radius 1 is 1.50 bits per heavy atom. The molecule has 0 aliphatic heterocycles. The number of halogens is 1. The molecule has 88 valence electrons. The lowest BCUT2D eigenvalue weighted by Gasteiger charge is -2.19. The van der Waals surface area contributed by atoms with E-state index in [1.54, 1.807) is 11.0 Å². The number of aromatic nitrogens is 2. The van der Waals surface area contributed by atoms with Crippen LogP contribution in [0, 0.1) is 3.70 Å². The Hall–Kier alpha value is -0.960.